The van der Waals surface area contributed by atoms with Gasteiger partial charge in [0.05, 0.1) is 29.6 Å². The van der Waals surface area contributed by atoms with Crippen LogP contribution in [0.5, 0.6) is 0 Å². The van der Waals surface area contributed by atoms with Gasteiger partial charge >= 0.3 is 0 Å². The molecule has 0 aliphatic carbocycles. The summed E-state index contributed by atoms with van der Waals surface area (Å²) in [6.45, 7) is 8.72. The van der Waals surface area contributed by atoms with Crippen molar-refractivity contribution in [3.05, 3.63) is 63.7 Å². The molecule has 0 aromatic heterocycles. The third kappa shape index (κ3) is 6.44. The fourth-order valence-corrected chi connectivity index (χ4v) is 6.65. The van der Waals surface area contributed by atoms with E-state index in [-0.39, 0.29) is 35.6 Å². The Bertz CT molecular complexity index is 1300. The number of aliphatic hydroxyl groups is 2. The number of anilines is 1. The summed E-state index contributed by atoms with van der Waals surface area (Å²) in [6, 6.07) is 0.782. The van der Waals surface area contributed by atoms with Crippen molar-refractivity contribution < 1.29 is 28.6 Å². The Kier molecular flexibility index (Phi) is 9.86. The molecule has 2 saturated heterocycles. The molecule has 230 valence electrons. The van der Waals surface area contributed by atoms with Gasteiger partial charge in [0, 0.05) is 48.9 Å². The van der Waals surface area contributed by atoms with Crippen molar-refractivity contribution in [1.82, 2.24) is 15.5 Å². The Morgan fingerprint density at radius 3 is 2.52 bits per heavy atom. The Morgan fingerprint density at radius 1 is 1.26 bits per heavy atom. The molecule has 2 amide bonds. The van der Waals surface area contributed by atoms with E-state index in [1.54, 1.807) is 13.0 Å². The maximum absolute atomic E-state index is 15.0. The highest BCUT2D eigenvalue weighted by Gasteiger charge is 2.66. The van der Waals surface area contributed by atoms with Crippen LogP contribution in [0.3, 0.4) is 0 Å². The predicted octanol–water partition coefficient (Wildman–Crippen LogP) is 3.77. The first-order chi connectivity index (χ1) is 19.7. The second-order valence-corrected chi connectivity index (χ2v) is 13.5. The van der Waals surface area contributed by atoms with Gasteiger partial charge in [-0.25, -0.2) is 8.78 Å². The summed E-state index contributed by atoms with van der Waals surface area (Å²) in [5.41, 5.74) is -1.23. The van der Waals surface area contributed by atoms with Gasteiger partial charge in [-0.3, -0.25) is 14.5 Å². The number of carbonyl (C=O) groups is 2. The van der Waals surface area contributed by atoms with Crippen molar-refractivity contribution in [2.75, 3.05) is 31.5 Å². The summed E-state index contributed by atoms with van der Waals surface area (Å²) in [6.07, 6.45) is 3.61. The van der Waals surface area contributed by atoms with Crippen LogP contribution in [-0.2, 0) is 15.0 Å². The van der Waals surface area contributed by atoms with E-state index in [1.165, 1.54) is 24.3 Å². The van der Waals surface area contributed by atoms with Gasteiger partial charge in [0.1, 0.15) is 11.2 Å². The second kappa shape index (κ2) is 12.7. The first-order valence-corrected chi connectivity index (χ1v) is 14.7. The zero-order valence-electron chi connectivity index (χ0n) is 24.1. The topological polar surface area (TPSA) is 114 Å². The van der Waals surface area contributed by atoms with Crippen LogP contribution in [0.2, 0.25) is 5.02 Å². The molecule has 0 unspecified atom stereocenters. The van der Waals surface area contributed by atoms with Crippen LogP contribution in [0.4, 0.5) is 14.5 Å². The number of nitrogens with zero attached hydrogens (tertiary/aromatic N) is 1. The lowest BCUT2D eigenvalue weighted by Crippen LogP contribution is -2.51. The second-order valence-electron chi connectivity index (χ2n) is 12.5. The van der Waals surface area contributed by atoms with Gasteiger partial charge in [-0.1, -0.05) is 56.1 Å². The predicted molar refractivity (Wildman–Crippen MR) is 159 cm³/mol. The highest BCUT2D eigenvalue weighted by molar-refractivity contribution is 6.31. The van der Waals surface area contributed by atoms with Gasteiger partial charge in [0.15, 0.2) is 0 Å². The van der Waals surface area contributed by atoms with E-state index in [4.69, 9.17) is 23.2 Å². The van der Waals surface area contributed by atoms with E-state index >= 15 is 0 Å². The van der Waals surface area contributed by atoms with Gasteiger partial charge in [-0.15, -0.1) is 0 Å². The number of amides is 2. The number of carbonyl (C=O) groups excluding carboxylic acids is 2. The molecular formula is C30H38Cl2F2N4O4. The molecule has 6 atom stereocenters. The van der Waals surface area contributed by atoms with E-state index in [0.717, 1.165) is 0 Å². The summed E-state index contributed by atoms with van der Waals surface area (Å²) in [7, 11) is 0. The lowest BCUT2D eigenvalue weighted by molar-refractivity contribution is -0.124. The van der Waals surface area contributed by atoms with E-state index in [1.807, 2.05) is 25.7 Å². The SMILES string of the molecule is C\C(Cl)=C/C=C\C(=C\F)[C@H]1[C@H](C(=O)NCCN2C[C@@H](O)[C@@H](O)C2)N[C@H](CC(C)(C)C)[C@]12C(=O)Nc1cc(Cl)c(F)cc12. The largest absolute Gasteiger partial charge is 0.389 e. The fourth-order valence-electron chi connectivity index (χ4n) is 6.41. The average molecular weight is 628 g/mol. The molecule has 8 nitrogen and oxygen atoms in total. The quantitative estimate of drug-likeness (QED) is 0.281. The summed E-state index contributed by atoms with van der Waals surface area (Å²) < 4.78 is 29.8. The molecule has 0 radical (unpaired) electrons. The summed E-state index contributed by atoms with van der Waals surface area (Å²) in [5, 5.41) is 29.0. The van der Waals surface area contributed by atoms with E-state index < -0.39 is 53.3 Å². The van der Waals surface area contributed by atoms with Crippen LogP contribution in [0, 0.1) is 17.2 Å². The number of allylic oxidation sites excluding steroid dienone is 4. The molecule has 3 aliphatic heterocycles. The van der Waals surface area contributed by atoms with E-state index in [2.05, 4.69) is 16.0 Å². The minimum atomic E-state index is -1.55. The van der Waals surface area contributed by atoms with Gasteiger partial charge < -0.3 is 26.2 Å². The number of nitrogens with one attached hydrogen (secondary N) is 3. The number of hydrogen-bond acceptors (Lipinski definition) is 6. The van der Waals surface area contributed by atoms with Crippen molar-refractivity contribution in [3.63, 3.8) is 0 Å². The monoisotopic (exact) mass is 626 g/mol. The van der Waals surface area contributed by atoms with Crippen LogP contribution in [0.1, 0.15) is 39.7 Å². The summed E-state index contributed by atoms with van der Waals surface area (Å²) in [4.78, 5) is 29.7. The Morgan fingerprint density at radius 2 is 1.93 bits per heavy atom. The number of aliphatic hydroxyl groups excluding tert-OH is 2. The molecule has 3 heterocycles. The molecule has 1 spiro atoms. The number of halogens is 4. The van der Waals surface area contributed by atoms with Crippen LogP contribution < -0.4 is 16.0 Å². The summed E-state index contributed by atoms with van der Waals surface area (Å²) >= 11 is 12.0. The maximum atomic E-state index is 15.0. The molecule has 42 heavy (non-hydrogen) atoms. The number of β-amino-alcohol motifs (C(OH)–C–C–N with tert-alkyl or cyclic N) is 2. The smallest absolute Gasteiger partial charge is 0.237 e. The van der Waals surface area contributed by atoms with Crippen molar-refractivity contribution >= 4 is 40.7 Å². The van der Waals surface area contributed by atoms with Gasteiger partial charge in [0.2, 0.25) is 11.8 Å². The highest BCUT2D eigenvalue weighted by Crippen LogP contribution is 2.55. The normalized spacial score (nSPS) is 30.4. The lowest BCUT2D eigenvalue weighted by Gasteiger charge is -2.37. The molecule has 3 aliphatic rings. The van der Waals surface area contributed by atoms with Crippen LogP contribution in [0.25, 0.3) is 0 Å². The van der Waals surface area contributed by atoms with Gasteiger partial charge in [0.25, 0.3) is 0 Å². The number of rotatable bonds is 8. The third-order valence-electron chi connectivity index (χ3n) is 8.14. The van der Waals surface area contributed by atoms with Crippen molar-refractivity contribution in [1.29, 1.82) is 0 Å². The molecule has 4 rings (SSSR count). The van der Waals surface area contributed by atoms with Gasteiger partial charge in [-0.05, 0) is 48.1 Å². The minimum absolute atomic E-state index is 0.0531. The maximum Gasteiger partial charge on any atom is 0.237 e. The number of benzene rings is 1. The fraction of sp³-hybridized carbons (Fsp3) is 0.533. The van der Waals surface area contributed by atoms with Crippen LogP contribution in [-0.4, -0.2) is 77.4 Å². The average Bonchev–Trinajstić information content (AvgIpc) is 3.48. The van der Waals surface area contributed by atoms with Crippen LogP contribution in [0.15, 0.2) is 47.3 Å². The number of fused-ring (bicyclic) bond motifs is 2. The molecule has 5 N–H and O–H groups in total. The molecule has 1 aromatic rings. The van der Waals surface area contributed by atoms with E-state index in [0.29, 0.717) is 35.6 Å². The van der Waals surface area contributed by atoms with Crippen LogP contribution >= 0.6 is 23.2 Å². The summed E-state index contributed by atoms with van der Waals surface area (Å²) in [5.74, 6) is -2.77. The first-order valence-electron chi connectivity index (χ1n) is 13.9. The molecule has 12 heteroatoms. The molecule has 0 bridgehead atoms. The Labute approximate surface area is 254 Å². The Hall–Kier alpha value is -2.34. The zero-order chi connectivity index (χ0) is 31.0. The molecular weight excluding hydrogens is 589 g/mol. The first kappa shape index (κ1) is 32.6. The van der Waals surface area contributed by atoms with E-state index in [9.17, 15) is 28.6 Å². The zero-order valence-corrected chi connectivity index (χ0v) is 25.6. The van der Waals surface area contributed by atoms with Gasteiger partial charge in [-0.2, -0.15) is 0 Å². The lowest BCUT2D eigenvalue weighted by atomic mass is 9.62. The minimum Gasteiger partial charge on any atom is -0.389 e. The van der Waals surface area contributed by atoms with Crippen molar-refractivity contribution in [3.8, 4) is 0 Å². The third-order valence-corrected chi connectivity index (χ3v) is 8.56. The standard InChI is InChI=1S/C30H38Cl2F2N4O4/c1-16(31)6-5-7-17(13-33)25-26(27(41)35-8-9-38-14-22(39)23(40)15-38)37-24(12-29(2,3)4)30(25)18-10-20(34)19(32)11-21(18)36-28(30)42/h5-7,10-11,13,22-26,37,39-40H,8-9,12,14-15H2,1-4H3,(H,35,41)(H,36,42)/b7-5-,16-6+,17-13-/t22-,23+,24-,25+,26-,30+/m1/s1. The highest BCUT2D eigenvalue weighted by atomic mass is 35.5. The molecule has 1 aromatic carbocycles. The van der Waals surface area contributed by atoms with Crippen molar-refractivity contribution in [2.24, 2.45) is 11.3 Å². The Balaban J connectivity index is 1.79. The molecule has 0 saturated carbocycles. The van der Waals surface area contributed by atoms with Crippen molar-refractivity contribution in [2.45, 2.75) is 63.8 Å². The number of likely N-dealkylation sites (tertiary alicyclic amines) is 1. The number of hydrogen-bond donors (Lipinski definition) is 5. The molecule has 2 fully saturated rings.